The predicted octanol–water partition coefficient (Wildman–Crippen LogP) is 8.70. The van der Waals surface area contributed by atoms with Crippen LogP contribution in [0.1, 0.15) is 119 Å². The van der Waals surface area contributed by atoms with Gasteiger partial charge in [0.15, 0.2) is 0 Å². The normalized spacial score (nSPS) is 42.6. The average Bonchev–Trinajstić information content (AvgIpc) is 3.01. The Hall–Kier alpha value is -0.660. The molecule has 2 heteroatoms. The fraction of sp³-hybridized carbons (Fsp3) is 0.929. The van der Waals surface area contributed by atoms with Crippen molar-refractivity contribution >= 4 is 0 Å². The molecule has 0 bridgehead atoms. The van der Waals surface area contributed by atoms with E-state index in [1.54, 1.807) is 0 Å². The molecule has 2 nitrogen and oxygen atoms in total. The van der Waals surface area contributed by atoms with E-state index >= 15 is 0 Å². The van der Waals surface area contributed by atoms with Crippen LogP contribution < -0.4 is 0 Å². The van der Waals surface area contributed by atoms with Gasteiger partial charge < -0.3 is 0 Å². The molecule has 0 aliphatic heterocycles. The monoisotopic (exact) mass is 413 g/mol. The Bertz CT molecular complexity index is 691. The highest BCUT2D eigenvalue weighted by Crippen LogP contribution is 2.67. The fourth-order valence-corrected chi connectivity index (χ4v) is 9.00. The first-order valence-electron chi connectivity index (χ1n) is 13.2. The van der Waals surface area contributed by atoms with Crippen LogP contribution in [-0.4, -0.2) is 6.04 Å². The maximum Gasteiger partial charge on any atom is 0.0973 e. The largest absolute Gasteiger partial charge is 0.150 e. The molecule has 0 aromatic rings. The van der Waals surface area contributed by atoms with Gasteiger partial charge in [-0.15, -0.1) is 0 Å². The maximum atomic E-state index is 11.5. The van der Waals surface area contributed by atoms with E-state index in [2.05, 4.69) is 46.7 Å². The Labute approximate surface area is 186 Å². The van der Waals surface area contributed by atoms with E-state index in [1.807, 2.05) is 11.1 Å². The van der Waals surface area contributed by atoms with Crippen molar-refractivity contribution < 1.29 is 0 Å². The molecule has 4 aliphatic carbocycles. The van der Waals surface area contributed by atoms with E-state index in [4.69, 9.17) is 0 Å². The Morgan fingerprint density at radius 3 is 2.43 bits per heavy atom. The highest BCUT2D eigenvalue weighted by atomic mass is 16.3. The van der Waals surface area contributed by atoms with E-state index in [0.29, 0.717) is 16.7 Å². The molecule has 6 atom stereocenters. The quantitative estimate of drug-likeness (QED) is 0.243. The van der Waals surface area contributed by atoms with E-state index < -0.39 is 0 Å². The van der Waals surface area contributed by atoms with Crippen LogP contribution >= 0.6 is 0 Å². The minimum Gasteiger partial charge on any atom is -0.150 e. The summed E-state index contributed by atoms with van der Waals surface area (Å²) >= 11 is 0. The van der Waals surface area contributed by atoms with Gasteiger partial charge in [0, 0.05) is 0 Å². The third-order valence-corrected chi connectivity index (χ3v) is 10.8. The van der Waals surface area contributed by atoms with E-state index in [0.717, 1.165) is 24.2 Å². The lowest BCUT2D eigenvalue weighted by atomic mass is 9.45. The first-order chi connectivity index (χ1) is 14.1. The van der Waals surface area contributed by atoms with E-state index in [1.165, 1.54) is 70.6 Å². The summed E-state index contributed by atoms with van der Waals surface area (Å²) in [5, 5.41) is 3.58. The first-order valence-corrected chi connectivity index (χ1v) is 13.2. The van der Waals surface area contributed by atoms with Crippen LogP contribution in [0.15, 0.2) is 16.3 Å². The Balaban J connectivity index is 1.54. The van der Waals surface area contributed by atoms with E-state index in [9.17, 15) is 4.91 Å². The molecule has 0 heterocycles. The zero-order valence-electron chi connectivity index (χ0n) is 20.7. The van der Waals surface area contributed by atoms with Gasteiger partial charge in [-0.3, -0.25) is 0 Å². The molecule has 2 unspecified atom stereocenters. The summed E-state index contributed by atoms with van der Waals surface area (Å²) in [6.45, 7) is 14.6. The summed E-state index contributed by atoms with van der Waals surface area (Å²) < 4.78 is 0. The van der Waals surface area contributed by atoms with Gasteiger partial charge in [-0.05, 0) is 97.7 Å². The van der Waals surface area contributed by atoms with Gasteiger partial charge in [0.2, 0.25) is 0 Å². The second-order valence-corrected chi connectivity index (χ2v) is 13.0. The number of nitroso groups, excluding NO2 is 1. The van der Waals surface area contributed by atoms with Crippen molar-refractivity contribution in [1.82, 2.24) is 0 Å². The van der Waals surface area contributed by atoms with Gasteiger partial charge in [0.1, 0.15) is 0 Å². The van der Waals surface area contributed by atoms with Crippen molar-refractivity contribution in [3.05, 3.63) is 16.1 Å². The van der Waals surface area contributed by atoms with Crippen molar-refractivity contribution in [3.63, 3.8) is 0 Å². The Morgan fingerprint density at radius 2 is 1.73 bits per heavy atom. The Kier molecular flexibility index (Phi) is 6.04. The molecular formula is C28H47NO. The Morgan fingerprint density at radius 1 is 0.967 bits per heavy atom. The standard InChI is InChI=1S/C28H47NO/c1-19(2)9-7-8-10-20-11-13-22-21-12-14-24-26(3,4)25(29-30)16-18-28(24,6)23(21)15-17-27(20,22)5/h19-20,22,24-25H,7-18H2,1-6H3/t20-,22?,24?,25-,27+,28+/m0/s1. The number of fused-ring (bicyclic) bond motifs is 4. The summed E-state index contributed by atoms with van der Waals surface area (Å²) in [6, 6.07) is 0.00767. The molecular weight excluding hydrogens is 366 g/mol. The van der Waals surface area contributed by atoms with Crippen LogP contribution in [0.5, 0.6) is 0 Å². The minimum atomic E-state index is 0.00767. The number of hydrogen-bond donors (Lipinski definition) is 0. The van der Waals surface area contributed by atoms with Gasteiger partial charge in [-0.1, -0.05) is 77.1 Å². The van der Waals surface area contributed by atoms with Gasteiger partial charge in [0.25, 0.3) is 0 Å². The van der Waals surface area contributed by atoms with Crippen LogP contribution in [0.25, 0.3) is 0 Å². The molecule has 4 aliphatic rings. The molecule has 0 radical (unpaired) electrons. The number of rotatable bonds is 6. The maximum absolute atomic E-state index is 11.5. The zero-order valence-corrected chi connectivity index (χ0v) is 20.7. The fourth-order valence-electron chi connectivity index (χ4n) is 9.00. The molecule has 0 amide bonds. The summed E-state index contributed by atoms with van der Waals surface area (Å²) in [5.74, 6) is 3.27. The van der Waals surface area contributed by atoms with Crippen molar-refractivity contribution in [2.45, 2.75) is 125 Å². The van der Waals surface area contributed by atoms with E-state index in [-0.39, 0.29) is 11.5 Å². The van der Waals surface area contributed by atoms with Crippen LogP contribution in [0.2, 0.25) is 0 Å². The number of hydrogen-bond acceptors (Lipinski definition) is 2. The van der Waals surface area contributed by atoms with Crippen molar-refractivity contribution in [2.75, 3.05) is 0 Å². The molecule has 2 saturated carbocycles. The van der Waals surface area contributed by atoms with Crippen LogP contribution in [0.4, 0.5) is 0 Å². The minimum absolute atomic E-state index is 0.00767. The molecule has 4 rings (SSSR count). The lowest BCUT2D eigenvalue weighted by Crippen LogP contribution is -2.53. The number of allylic oxidation sites excluding steroid dienone is 2. The summed E-state index contributed by atoms with van der Waals surface area (Å²) in [6.07, 6.45) is 16.1. The molecule has 0 saturated heterocycles. The molecule has 0 N–H and O–H groups in total. The summed E-state index contributed by atoms with van der Waals surface area (Å²) in [5.41, 5.74) is 4.65. The average molecular weight is 414 g/mol. The van der Waals surface area contributed by atoms with Crippen molar-refractivity contribution in [2.24, 2.45) is 45.1 Å². The smallest absolute Gasteiger partial charge is 0.0973 e. The number of nitrogens with zero attached hydrogens (tertiary/aromatic N) is 1. The topological polar surface area (TPSA) is 29.4 Å². The molecule has 30 heavy (non-hydrogen) atoms. The van der Waals surface area contributed by atoms with Crippen LogP contribution in [-0.2, 0) is 0 Å². The second-order valence-electron chi connectivity index (χ2n) is 13.0. The van der Waals surface area contributed by atoms with Gasteiger partial charge in [-0.25, -0.2) is 0 Å². The molecule has 170 valence electrons. The zero-order chi connectivity index (χ0) is 21.7. The predicted molar refractivity (Wildman–Crippen MR) is 127 cm³/mol. The van der Waals surface area contributed by atoms with Gasteiger partial charge in [-0.2, -0.15) is 4.91 Å². The first kappa shape index (κ1) is 22.5. The summed E-state index contributed by atoms with van der Waals surface area (Å²) in [7, 11) is 0. The van der Waals surface area contributed by atoms with Crippen LogP contribution in [0, 0.1) is 44.8 Å². The molecule has 2 fully saturated rings. The molecule has 0 aromatic carbocycles. The highest BCUT2D eigenvalue weighted by molar-refractivity contribution is 5.35. The van der Waals surface area contributed by atoms with Crippen molar-refractivity contribution in [1.29, 1.82) is 0 Å². The molecule has 0 spiro atoms. The highest BCUT2D eigenvalue weighted by Gasteiger charge is 2.59. The molecule has 0 aromatic heterocycles. The summed E-state index contributed by atoms with van der Waals surface area (Å²) in [4.78, 5) is 11.5. The third kappa shape index (κ3) is 3.43. The lowest BCUT2D eigenvalue weighted by molar-refractivity contribution is -0.0160. The van der Waals surface area contributed by atoms with Gasteiger partial charge >= 0.3 is 0 Å². The van der Waals surface area contributed by atoms with Crippen molar-refractivity contribution in [3.8, 4) is 0 Å². The number of unbranched alkanes of at least 4 members (excludes halogenated alkanes) is 1. The lowest BCUT2D eigenvalue weighted by Gasteiger charge is -2.59. The SMILES string of the molecule is CC(C)CCCC[C@H]1CCC2C3=C(CC[C@@]21C)[C@@]1(C)CC[C@H](N=O)C(C)(C)C1CC3. The van der Waals surface area contributed by atoms with Crippen LogP contribution in [0.3, 0.4) is 0 Å². The second kappa shape index (κ2) is 8.04. The third-order valence-electron chi connectivity index (χ3n) is 10.8. The van der Waals surface area contributed by atoms with Gasteiger partial charge in [0.05, 0.1) is 6.04 Å².